The van der Waals surface area contributed by atoms with Gasteiger partial charge in [0.25, 0.3) is 11.6 Å². The Hall–Kier alpha value is -1.89. The van der Waals surface area contributed by atoms with Crippen LogP contribution in [0.1, 0.15) is 37.2 Å². The first kappa shape index (κ1) is 15.2. The number of nitrogens with one attached hydrogen (secondary N) is 1. The van der Waals surface area contributed by atoms with Gasteiger partial charge >= 0.3 is 0 Å². The molecule has 0 saturated carbocycles. The zero-order chi connectivity index (χ0) is 14.6. The van der Waals surface area contributed by atoms with Crippen molar-refractivity contribution in [3.63, 3.8) is 0 Å². The number of aliphatic hydroxyl groups is 1. The Balaban J connectivity index is 2.76. The molecule has 1 rings (SSSR count). The lowest BCUT2D eigenvalue weighted by Gasteiger charge is -2.25. The minimum atomic E-state index is -0.938. The third-order valence-electron chi connectivity index (χ3n) is 3.33. The molecule has 0 spiro atoms. The van der Waals surface area contributed by atoms with Crippen molar-refractivity contribution in [1.29, 1.82) is 0 Å². The van der Waals surface area contributed by atoms with Crippen molar-refractivity contribution < 1.29 is 14.8 Å². The SMILES string of the molecule is CCC(O)(CC)CNC(=O)c1cc([N+](=O)[O-])cn1C. The van der Waals surface area contributed by atoms with E-state index in [9.17, 15) is 20.0 Å². The van der Waals surface area contributed by atoms with Gasteiger partial charge in [0.1, 0.15) is 5.69 Å². The number of carbonyl (C=O) groups excluding carboxylic acids is 1. The first-order valence-corrected chi connectivity index (χ1v) is 6.14. The fourth-order valence-corrected chi connectivity index (χ4v) is 1.71. The van der Waals surface area contributed by atoms with Crippen LogP contribution in [0.5, 0.6) is 0 Å². The molecule has 0 aliphatic rings. The third-order valence-corrected chi connectivity index (χ3v) is 3.33. The number of nitro groups is 1. The van der Waals surface area contributed by atoms with E-state index in [1.807, 2.05) is 13.8 Å². The maximum Gasteiger partial charge on any atom is 0.287 e. The molecule has 0 saturated heterocycles. The van der Waals surface area contributed by atoms with Gasteiger partial charge in [-0.15, -0.1) is 0 Å². The van der Waals surface area contributed by atoms with Crippen LogP contribution in [-0.4, -0.2) is 32.6 Å². The van der Waals surface area contributed by atoms with Gasteiger partial charge in [0.05, 0.1) is 16.7 Å². The van der Waals surface area contributed by atoms with E-state index < -0.39 is 16.4 Å². The van der Waals surface area contributed by atoms with E-state index in [1.165, 1.54) is 16.8 Å². The third kappa shape index (κ3) is 3.54. The predicted octanol–water partition coefficient (Wildman–Crippen LogP) is 1.21. The molecule has 1 heterocycles. The Morgan fingerprint density at radius 1 is 1.53 bits per heavy atom. The second-order valence-corrected chi connectivity index (χ2v) is 4.57. The summed E-state index contributed by atoms with van der Waals surface area (Å²) < 4.78 is 1.39. The maximum atomic E-state index is 11.9. The predicted molar refractivity (Wildman–Crippen MR) is 69.9 cm³/mol. The molecular weight excluding hydrogens is 250 g/mol. The van der Waals surface area contributed by atoms with Crippen molar-refractivity contribution in [2.45, 2.75) is 32.3 Å². The summed E-state index contributed by atoms with van der Waals surface area (Å²) in [4.78, 5) is 22.0. The smallest absolute Gasteiger partial charge is 0.287 e. The van der Waals surface area contributed by atoms with E-state index in [4.69, 9.17) is 0 Å². The molecule has 0 aromatic carbocycles. The quantitative estimate of drug-likeness (QED) is 0.599. The minimum Gasteiger partial charge on any atom is -0.388 e. The number of aryl methyl sites for hydroxylation is 1. The van der Waals surface area contributed by atoms with Crippen LogP contribution in [0.4, 0.5) is 5.69 Å². The second kappa shape index (κ2) is 5.83. The molecule has 1 amide bonds. The summed E-state index contributed by atoms with van der Waals surface area (Å²) in [6.07, 6.45) is 2.33. The van der Waals surface area contributed by atoms with Crippen molar-refractivity contribution >= 4 is 11.6 Å². The van der Waals surface area contributed by atoms with Crippen LogP contribution in [0.3, 0.4) is 0 Å². The highest BCUT2D eigenvalue weighted by Crippen LogP contribution is 2.16. The minimum absolute atomic E-state index is 0.123. The fourth-order valence-electron chi connectivity index (χ4n) is 1.71. The average molecular weight is 269 g/mol. The van der Waals surface area contributed by atoms with Gasteiger partial charge in [0.15, 0.2) is 0 Å². The summed E-state index contributed by atoms with van der Waals surface area (Å²) in [6.45, 7) is 3.80. The van der Waals surface area contributed by atoms with Crippen LogP contribution >= 0.6 is 0 Å². The van der Waals surface area contributed by atoms with Gasteiger partial charge in [-0.2, -0.15) is 0 Å². The van der Waals surface area contributed by atoms with Crippen molar-refractivity contribution in [1.82, 2.24) is 9.88 Å². The molecule has 0 atom stereocenters. The van der Waals surface area contributed by atoms with Crippen molar-refractivity contribution in [2.24, 2.45) is 7.05 Å². The Bertz CT molecular complexity index is 477. The van der Waals surface area contributed by atoms with Gasteiger partial charge in [-0.3, -0.25) is 14.9 Å². The normalized spacial score (nSPS) is 11.4. The summed E-state index contributed by atoms with van der Waals surface area (Å²) in [5.74, 6) is -0.434. The highest BCUT2D eigenvalue weighted by Gasteiger charge is 2.24. The number of hydrogen-bond acceptors (Lipinski definition) is 4. The number of rotatable bonds is 6. The van der Waals surface area contributed by atoms with E-state index in [0.717, 1.165) is 0 Å². The standard InChI is InChI=1S/C12H19N3O4/c1-4-12(17,5-2)8-13-11(16)10-6-9(15(18)19)7-14(10)3/h6-7,17H,4-5,8H2,1-3H3,(H,13,16). The monoisotopic (exact) mass is 269 g/mol. The van der Waals surface area contributed by atoms with Crippen LogP contribution in [0, 0.1) is 10.1 Å². The van der Waals surface area contributed by atoms with Gasteiger partial charge in [-0.25, -0.2) is 0 Å². The molecule has 0 fully saturated rings. The first-order chi connectivity index (χ1) is 8.83. The van der Waals surface area contributed by atoms with Crippen molar-refractivity contribution in [2.75, 3.05) is 6.54 Å². The van der Waals surface area contributed by atoms with E-state index in [-0.39, 0.29) is 17.9 Å². The van der Waals surface area contributed by atoms with Crippen LogP contribution < -0.4 is 5.32 Å². The van der Waals surface area contributed by atoms with Gasteiger partial charge < -0.3 is 15.0 Å². The van der Waals surface area contributed by atoms with Crippen LogP contribution in [-0.2, 0) is 7.05 Å². The van der Waals surface area contributed by atoms with Crippen LogP contribution in [0.15, 0.2) is 12.3 Å². The Kier molecular flexibility index (Phi) is 4.66. The van der Waals surface area contributed by atoms with Gasteiger partial charge in [0, 0.05) is 19.7 Å². The topological polar surface area (TPSA) is 97.4 Å². The summed E-state index contributed by atoms with van der Waals surface area (Å²) in [7, 11) is 1.56. The number of hydrogen-bond donors (Lipinski definition) is 2. The molecule has 1 aromatic rings. The molecule has 106 valence electrons. The zero-order valence-corrected chi connectivity index (χ0v) is 11.3. The van der Waals surface area contributed by atoms with E-state index >= 15 is 0 Å². The molecule has 0 radical (unpaired) electrons. The largest absolute Gasteiger partial charge is 0.388 e. The molecule has 0 unspecified atom stereocenters. The molecule has 0 aliphatic heterocycles. The highest BCUT2D eigenvalue weighted by atomic mass is 16.6. The molecule has 7 nitrogen and oxygen atoms in total. The highest BCUT2D eigenvalue weighted by molar-refractivity contribution is 5.93. The molecular formula is C12H19N3O4. The first-order valence-electron chi connectivity index (χ1n) is 6.14. The number of nitrogens with zero attached hydrogens (tertiary/aromatic N) is 2. The number of aromatic nitrogens is 1. The fraction of sp³-hybridized carbons (Fsp3) is 0.583. The second-order valence-electron chi connectivity index (χ2n) is 4.57. The van der Waals surface area contributed by atoms with Crippen LogP contribution in [0.25, 0.3) is 0 Å². The average Bonchev–Trinajstić information content (AvgIpc) is 2.78. The summed E-state index contributed by atoms with van der Waals surface area (Å²) in [6, 6.07) is 1.21. The lowest BCUT2D eigenvalue weighted by molar-refractivity contribution is -0.384. The Morgan fingerprint density at radius 2 is 2.11 bits per heavy atom. The summed E-state index contributed by atoms with van der Waals surface area (Å²) in [5, 5.41) is 23.3. The molecule has 1 aromatic heterocycles. The maximum absolute atomic E-state index is 11.9. The summed E-state index contributed by atoms with van der Waals surface area (Å²) in [5.41, 5.74) is -0.873. The van der Waals surface area contributed by atoms with E-state index in [0.29, 0.717) is 12.8 Å². The zero-order valence-electron chi connectivity index (χ0n) is 11.3. The number of amides is 1. The molecule has 0 bridgehead atoms. The summed E-state index contributed by atoms with van der Waals surface area (Å²) >= 11 is 0. The van der Waals surface area contributed by atoms with Crippen molar-refractivity contribution in [3.8, 4) is 0 Å². The lowest BCUT2D eigenvalue weighted by Crippen LogP contribution is -2.42. The van der Waals surface area contributed by atoms with Gasteiger partial charge in [-0.05, 0) is 12.8 Å². The molecule has 2 N–H and O–H groups in total. The van der Waals surface area contributed by atoms with E-state index in [2.05, 4.69) is 5.32 Å². The molecule has 0 aliphatic carbocycles. The van der Waals surface area contributed by atoms with Gasteiger partial charge in [-0.1, -0.05) is 13.8 Å². The Labute approximate surface area is 111 Å². The van der Waals surface area contributed by atoms with Crippen molar-refractivity contribution in [3.05, 3.63) is 28.1 Å². The molecule has 19 heavy (non-hydrogen) atoms. The van der Waals surface area contributed by atoms with Gasteiger partial charge in [0.2, 0.25) is 0 Å². The Morgan fingerprint density at radius 3 is 2.53 bits per heavy atom. The number of carbonyl (C=O) groups is 1. The van der Waals surface area contributed by atoms with Crippen LogP contribution in [0.2, 0.25) is 0 Å². The molecule has 7 heteroatoms. The lowest BCUT2D eigenvalue weighted by atomic mass is 9.97. The van der Waals surface area contributed by atoms with E-state index in [1.54, 1.807) is 7.05 Å².